The zero-order valence-corrected chi connectivity index (χ0v) is 30.5. The lowest BCUT2D eigenvalue weighted by atomic mass is 9.80. The van der Waals surface area contributed by atoms with Crippen LogP contribution in [0.25, 0.3) is 0 Å². The molecule has 2 aliphatic heterocycles. The van der Waals surface area contributed by atoms with E-state index in [1.54, 1.807) is 12.2 Å². The van der Waals surface area contributed by atoms with Crippen molar-refractivity contribution in [2.45, 2.75) is 116 Å². The summed E-state index contributed by atoms with van der Waals surface area (Å²) in [6.07, 6.45) is 5.55. The van der Waals surface area contributed by atoms with Crippen LogP contribution in [0.15, 0.2) is 54.1 Å². The summed E-state index contributed by atoms with van der Waals surface area (Å²) in [6, 6.07) is 9.67. The Morgan fingerprint density at radius 1 is 1.04 bits per heavy atom. The van der Waals surface area contributed by atoms with Gasteiger partial charge >= 0.3 is 5.97 Å². The molecule has 0 aromatic heterocycles. The lowest BCUT2D eigenvalue weighted by Crippen LogP contribution is -2.55. The second-order valence-electron chi connectivity index (χ2n) is 14.1. The molecule has 4 unspecified atom stereocenters. The Bertz CT molecular complexity index is 1220. The number of aliphatic hydroxyl groups is 1. The highest BCUT2D eigenvalue weighted by Gasteiger charge is 2.42. The number of esters is 1. The molecule has 49 heavy (non-hydrogen) atoms. The van der Waals surface area contributed by atoms with Gasteiger partial charge in [-0.2, -0.15) is 0 Å². The molecule has 0 saturated carbocycles. The van der Waals surface area contributed by atoms with Gasteiger partial charge in [-0.3, -0.25) is 9.59 Å². The SMILES string of the molecule is CC[C@H]1OC(=O)CC[C@H](C)[C@@H](OC2OC(C)CC(N(C)C)C2O)[C@@H](CC=O)C[C@@H](C)C(=O)C=CC(C)=C[C@@H]1COCOCc1ccccc1. The zero-order valence-electron chi connectivity index (χ0n) is 30.5. The third kappa shape index (κ3) is 13.2. The fourth-order valence-corrected chi connectivity index (χ4v) is 6.80. The average Bonchev–Trinajstić information content (AvgIpc) is 3.07. The first-order chi connectivity index (χ1) is 23.4. The lowest BCUT2D eigenvalue weighted by molar-refractivity contribution is -0.280. The third-order valence-corrected chi connectivity index (χ3v) is 9.68. The Balaban J connectivity index is 1.82. The van der Waals surface area contributed by atoms with E-state index in [4.69, 9.17) is 23.7 Å². The van der Waals surface area contributed by atoms with Gasteiger partial charge in [-0.25, -0.2) is 0 Å². The monoisotopic (exact) mass is 685 g/mol. The molecule has 1 aromatic rings. The number of ketones is 1. The lowest BCUT2D eigenvalue weighted by Gasteiger charge is -2.44. The van der Waals surface area contributed by atoms with Crippen LogP contribution in [0.3, 0.4) is 0 Å². The van der Waals surface area contributed by atoms with Crippen LogP contribution in [0, 0.1) is 23.7 Å². The predicted octanol–water partition coefficient (Wildman–Crippen LogP) is 5.66. The Labute approximate surface area is 293 Å². The minimum absolute atomic E-state index is 0.0574. The molecular formula is C39H59NO9. The number of likely N-dealkylation sites (N-methyl/N-ethyl adjacent to an activating group) is 1. The van der Waals surface area contributed by atoms with Crippen molar-refractivity contribution in [3.63, 3.8) is 0 Å². The van der Waals surface area contributed by atoms with Crippen LogP contribution in [0.4, 0.5) is 0 Å². The number of nitrogens with zero attached hydrogens (tertiary/aromatic N) is 1. The zero-order chi connectivity index (χ0) is 35.9. The highest BCUT2D eigenvalue weighted by Crippen LogP contribution is 2.34. The fourth-order valence-electron chi connectivity index (χ4n) is 6.80. The van der Waals surface area contributed by atoms with Crippen LogP contribution in [0.5, 0.6) is 0 Å². The van der Waals surface area contributed by atoms with Gasteiger partial charge in [0, 0.05) is 30.7 Å². The highest BCUT2D eigenvalue weighted by molar-refractivity contribution is 5.91. The van der Waals surface area contributed by atoms with Crippen LogP contribution in [-0.4, -0.2) is 92.3 Å². The van der Waals surface area contributed by atoms with Crippen molar-refractivity contribution in [3.05, 3.63) is 59.7 Å². The number of allylic oxidation sites excluding steroid dienone is 3. The van der Waals surface area contributed by atoms with E-state index in [9.17, 15) is 19.5 Å². The molecular weight excluding hydrogens is 626 g/mol. The predicted molar refractivity (Wildman–Crippen MR) is 187 cm³/mol. The molecule has 10 nitrogen and oxygen atoms in total. The number of cyclic esters (lactones) is 1. The molecule has 3 rings (SSSR count). The van der Waals surface area contributed by atoms with E-state index in [1.807, 2.05) is 90.0 Å². The molecule has 0 radical (unpaired) electrons. The number of aldehydes is 1. The first kappa shape index (κ1) is 40.7. The van der Waals surface area contributed by atoms with E-state index in [2.05, 4.69) is 0 Å². The summed E-state index contributed by atoms with van der Waals surface area (Å²) >= 11 is 0. The van der Waals surface area contributed by atoms with E-state index in [0.29, 0.717) is 32.3 Å². The van der Waals surface area contributed by atoms with Crippen molar-refractivity contribution in [1.29, 1.82) is 0 Å². The second-order valence-corrected chi connectivity index (χ2v) is 14.1. The van der Waals surface area contributed by atoms with E-state index >= 15 is 0 Å². The molecule has 0 amide bonds. The molecule has 274 valence electrons. The highest BCUT2D eigenvalue weighted by atomic mass is 16.7. The van der Waals surface area contributed by atoms with Crippen molar-refractivity contribution in [2.24, 2.45) is 23.7 Å². The van der Waals surface area contributed by atoms with Gasteiger partial charge in [0.15, 0.2) is 12.1 Å². The molecule has 0 spiro atoms. The summed E-state index contributed by atoms with van der Waals surface area (Å²) < 4.78 is 30.3. The van der Waals surface area contributed by atoms with Crippen LogP contribution < -0.4 is 0 Å². The summed E-state index contributed by atoms with van der Waals surface area (Å²) in [6.45, 7) is 10.4. The fraction of sp³-hybridized carbons (Fsp3) is 0.667. The van der Waals surface area contributed by atoms with Gasteiger partial charge in [0.1, 0.15) is 25.3 Å². The number of benzene rings is 1. The molecule has 1 aromatic carbocycles. The number of rotatable bonds is 12. The summed E-state index contributed by atoms with van der Waals surface area (Å²) in [7, 11) is 3.83. The number of aliphatic hydroxyl groups excluding tert-OH is 1. The minimum Gasteiger partial charge on any atom is -0.462 e. The number of carbonyl (C=O) groups is 3. The van der Waals surface area contributed by atoms with E-state index in [0.717, 1.165) is 17.4 Å². The van der Waals surface area contributed by atoms with Crippen molar-refractivity contribution >= 4 is 18.0 Å². The maximum atomic E-state index is 13.4. The standard InChI is InChI=1S/C39H59NO9/c1-8-35-32(24-46-25-45-23-30-12-10-9-11-13-30)20-26(2)14-16-34(42)28(4)21-31(18-19-41)38(27(3)15-17-36(43)48-35)49-39-37(44)33(40(6)7)22-29(5)47-39/h9-14,16,19-20,27-29,31-33,35,37-39,44H,8,15,17-18,21-25H2,1-7H3/t27-,28+,29?,31-,32+,33?,35+,37?,38+,39?/m0/s1. The van der Waals surface area contributed by atoms with Gasteiger partial charge < -0.3 is 38.5 Å². The number of hydrogen-bond donors (Lipinski definition) is 1. The van der Waals surface area contributed by atoms with Crippen molar-refractivity contribution in [3.8, 4) is 0 Å². The molecule has 1 fully saturated rings. The molecule has 10 atom stereocenters. The van der Waals surface area contributed by atoms with E-state index in [-0.39, 0.29) is 73.8 Å². The number of ether oxygens (including phenoxy) is 5. The van der Waals surface area contributed by atoms with Gasteiger partial charge in [-0.1, -0.05) is 68.8 Å². The Morgan fingerprint density at radius 2 is 1.78 bits per heavy atom. The van der Waals surface area contributed by atoms with Gasteiger partial charge in [-0.15, -0.1) is 0 Å². The van der Waals surface area contributed by atoms with Gasteiger partial charge in [0.2, 0.25) is 0 Å². The Morgan fingerprint density at radius 3 is 2.45 bits per heavy atom. The second kappa shape index (κ2) is 20.8. The smallest absolute Gasteiger partial charge is 0.306 e. The maximum absolute atomic E-state index is 13.4. The molecule has 1 N–H and O–H groups in total. The Hall–Kier alpha value is -2.73. The molecule has 2 heterocycles. The largest absolute Gasteiger partial charge is 0.462 e. The molecule has 10 heteroatoms. The molecule has 0 aliphatic carbocycles. The first-order valence-corrected chi connectivity index (χ1v) is 17.8. The summed E-state index contributed by atoms with van der Waals surface area (Å²) in [5.74, 6) is -1.58. The summed E-state index contributed by atoms with van der Waals surface area (Å²) in [5.41, 5.74) is 1.89. The summed E-state index contributed by atoms with van der Waals surface area (Å²) in [4.78, 5) is 40.6. The van der Waals surface area contributed by atoms with Crippen LogP contribution in [0.1, 0.15) is 78.7 Å². The van der Waals surface area contributed by atoms with Gasteiger partial charge in [-0.05, 0) is 77.1 Å². The normalized spacial score (nSPS) is 32.5. The molecule has 1 saturated heterocycles. The van der Waals surface area contributed by atoms with Crippen molar-refractivity contribution in [2.75, 3.05) is 27.5 Å². The third-order valence-electron chi connectivity index (χ3n) is 9.68. The van der Waals surface area contributed by atoms with Crippen LogP contribution in [0.2, 0.25) is 0 Å². The quantitative estimate of drug-likeness (QED) is 0.128. The average molecular weight is 686 g/mol. The van der Waals surface area contributed by atoms with Gasteiger partial charge in [0.25, 0.3) is 0 Å². The minimum atomic E-state index is -0.920. The molecule has 2 aliphatic rings. The topological polar surface area (TPSA) is 121 Å². The van der Waals surface area contributed by atoms with Crippen LogP contribution >= 0.6 is 0 Å². The van der Waals surface area contributed by atoms with Crippen molar-refractivity contribution < 1.29 is 43.2 Å². The Kier molecular flexibility index (Phi) is 17.3. The van der Waals surface area contributed by atoms with E-state index < -0.39 is 24.6 Å². The molecule has 0 bridgehead atoms. The summed E-state index contributed by atoms with van der Waals surface area (Å²) in [5, 5.41) is 11.2. The van der Waals surface area contributed by atoms with Crippen molar-refractivity contribution in [1.82, 2.24) is 4.90 Å². The van der Waals surface area contributed by atoms with Gasteiger partial charge in [0.05, 0.1) is 25.4 Å². The number of carbonyl (C=O) groups excluding carboxylic acids is 3. The first-order valence-electron chi connectivity index (χ1n) is 17.8. The maximum Gasteiger partial charge on any atom is 0.306 e. The van der Waals surface area contributed by atoms with Crippen LogP contribution in [-0.2, 0) is 44.7 Å². The van der Waals surface area contributed by atoms with E-state index in [1.165, 1.54) is 0 Å². The number of hydrogen-bond acceptors (Lipinski definition) is 10.